The molecule has 0 N–H and O–H groups in total. The standard InChI is InChI=1S/C19H21N5O3/c1-12-18(13(2)27-22-12)15-6-4-5-14(20-15)17-11-24(9-10-26-17)19(25)16-7-8-23(3)21-16/h4-8,17H,9-11H2,1-3H3/t17-/m0/s1. The first-order valence-corrected chi connectivity index (χ1v) is 8.83. The van der Waals surface area contributed by atoms with E-state index in [1.807, 2.05) is 32.0 Å². The van der Waals surface area contributed by atoms with Crippen LogP contribution in [-0.2, 0) is 11.8 Å². The summed E-state index contributed by atoms with van der Waals surface area (Å²) in [6.07, 6.45) is 1.48. The molecule has 1 aliphatic heterocycles. The van der Waals surface area contributed by atoms with Crippen LogP contribution in [0.15, 0.2) is 35.0 Å². The molecule has 1 amide bonds. The summed E-state index contributed by atoms with van der Waals surface area (Å²) in [5.74, 6) is 0.638. The number of hydrogen-bond acceptors (Lipinski definition) is 6. The molecule has 0 aliphatic carbocycles. The highest BCUT2D eigenvalue weighted by Crippen LogP contribution is 2.28. The van der Waals surface area contributed by atoms with Crippen molar-refractivity contribution >= 4 is 5.91 Å². The Hall–Kier alpha value is -3.00. The molecule has 1 atom stereocenters. The lowest BCUT2D eigenvalue weighted by molar-refractivity contribution is -0.0248. The van der Waals surface area contributed by atoms with Gasteiger partial charge in [0, 0.05) is 19.8 Å². The first-order chi connectivity index (χ1) is 13.0. The number of hydrogen-bond donors (Lipinski definition) is 0. The fourth-order valence-corrected chi connectivity index (χ4v) is 3.32. The van der Waals surface area contributed by atoms with E-state index < -0.39 is 0 Å². The third-order valence-electron chi connectivity index (χ3n) is 4.68. The third-order valence-corrected chi connectivity index (χ3v) is 4.68. The first kappa shape index (κ1) is 17.4. The summed E-state index contributed by atoms with van der Waals surface area (Å²) in [7, 11) is 1.79. The van der Waals surface area contributed by atoms with Gasteiger partial charge in [0.15, 0.2) is 0 Å². The van der Waals surface area contributed by atoms with Gasteiger partial charge in [-0.3, -0.25) is 9.48 Å². The van der Waals surface area contributed by atoms with Crippen LogP contribution in [-0.4, -0.2) is 50.4 Å². The largest absolute Gasteiger partial charge is 0.368 e. The maximum absolute atomic E-state index is 12.7. The van der Waals surface area contributed by atoms with Crippen LogP contribution in [0.2, 0.25) is 0 Å². The predicted molar refractivity (Wildman–Crippen MR) is 97.0 cm³/mol. The molecule has 1 fully saturated rings. The summed E-state index contributed by atoms with van der Waals surface area (Å²) in [6.45, 7) is 5.20. The highest BCUT2D eigenvalue weighted by atomic mass is 16.5. The maximum atomic E-state index is 12.7. The Morgan fingerprint density at radius 3 is 2.81 bits per heavy atom. The van der Waals surface area contributed by atoms with Crippen LogP contribution in [0.3, 0.4) is 0 Å². The van der Waals surface area contributed by atoms with Gasteiger partial charge < -0.3 is 14.2 Å². The lowest BCUT2D eigenvalue weighted by atomic mass is 10.1. The van der Waals surface area contributed by atoms with Gasteiger partial charge in [-0.15, -0.1) is 0 Å². The van der Waals surface area contributed by atoms with Crippen LogP contribution >= 0.6 is 0 Å². The van der Waals surface area contributed by atoms with Crippen LogP contribution < -0.4 is 0 Å². The van der Waals surface area contributed by atoms with Crippen molar-refractivity contribution in [2.75, 3.05) is 19.7 Å². The minimum Gasteiger partial charge on any atom is -0.368 e. The Morgan fingerprint density at radius 1 is 1.26 bits per heavy atom. The Balaban J connectivity index is 1.57. The quantitative estimate of drug-likeness (QED) is 0.706. The molecule has 1 aliphatic rings. The predicted octanol–water partition coefficient (Wildman–Crippen LogP) is 2.30. The van der Waals surface area contributed by atoms with E-state index >= 15 is 0 Å². The molecule has 0 bridgehead atoms. The zero-order valence-corrected chi connectivity index (χ0v) is 15.5. The number of rotatable bonds is 3. The first-order valence-electron chi connectivity index (χ1n) is 8.83. The van der Waals surface area contributed by atoms with Crippen molar-refractivity contribution in [1.29, 1.82) is 0 Å². The number of ether oxygens (including phenoxy) is 1. The molecular weight excluding hydrogens is 346 g/mol. The Kier molecular flexibility index (Phi) is 4.49. The molecule has 0 saturated carbocycles. The highest BCUT2D eigenvalue weighted by molar-refractivity contribution is 5.92. The molecule has 1 saturated heterocycles. The van der Waals surface area contributed by atoms with Gasteiger partial charge in [0.25, 0.3) is 5.91 Å². The second kappa shape index (κ2) is 6.96. The average Bonchev–Trinajstić information content (AvgIpc) is 3.26. The van der Waals surface area contributed by atoms with E-state index in [2.05, 4.69) is 10.3 Å². The van der Waals surface area contributed by atoms with E-state index in [1.54, 1.807) is 28.9 Å². The maximum Gasteiger partial charge on any atom is 0.274 e. The topological polar surface area (TPSA) is 86.3 Å². The SMILES string of the molecule is Cc1noc(C)c1-c1cccc([C@@H]2CN(C(=O)c3ccn(C)n3)CCO2)n1. The van der Waals surface area contributed by atoms with Gasteiger partial charge in [-0.05, 0) is 32.0 Å². The second-order valence-corrected chi connectivity index (χ2v) is 6.63. The van der Waals surface area contributed by atoms with Crippen molar-refractivity contribution in [1.82, 2.24) is 24.8 Å². The molecule has 3 aromatic heterocycles. The molecule has 140 valence electrons. The van der Waals surface area contributed by atoms with E-state index in [0.29, 0.717) is 25.4 Å². The second-order valence-electron chi connectivity index (χ2n) is 6.63. The Labute approximate surface area is 156 Å². The van der Waals surface area contributed by atoms with E-state index in [0.717, 1.165) is 28.4 Å². The summed E-state index contributed by atoms with van der Waals surface area (Å²) in [5.41, 5.74) is 3.71. The van der Waals surface area contributed by atoms with Crippen molar-refractivity contribution in [2.45, 2.75) is 20.0 Å². The zero-order chi connectivity index (χ0) is 19.0. The fourth-order valence-electron chi connectivity index (χ4n) is 3.32. The van der Waals surface area contributed by atoms with Gasteiger partial charge in [0.2, 0.25) is 0 Å². The van der Waals surface area contributed by atoms with Crippen LogP contribution in [0.1, 0.15) is 33.7 Å². The third kappa shape index (κ3) is 3.35. The molecule has 27 heavy (non-hydrogen) atoms. The minimum atomic E-state index is -0.285. The Morgan fingerprint density at radius 2 is 2.11 bits per heavy atom. The number of amides is 1. The van der Waals surface area contributed by atoms with Crippen molar-refractivity contribution in [3.8, 4) is 11.3 Å². The smallest absolute Gasteiger partial charge is 0.274 e. The molecule has 0 spiro atoms. The van der Waals surface area contributed by atoms with Crippen molar-refractivity contribution < 1.29 is 14.1 Å². The van der Waals surface area contributed by atoms with Crippen LogP contribution in [0.25, 0.3) is 11.3 Å². The van der Waals surface area contributed by atoms with Crippen molar-refractivity contribution in [2.24, 2.45) is 7.05 Å². The molecule has 0 radical (unpaired) electrons. The summed E-state index contributed by atoms with van der Waals surface area (Å²) in [5, 5.41) is 8.20. The van der Waals surface area contributed by atoms with Crippen LogP contribution in [0.5, 0.6) is 0 Å². The number of morpholine rings is 1. The number of nitrogens with zero attached hydrogens (tertiary/aromatic N) is 5. The number of aryl methyl sites for hydroxylation is 3. The van der Waals surface area contributed by atoms with Crippen LogP contribution in [0.4, 0.5) is 0 Å². The fraction of sp³-hybridized carbons (Fsp3) is 0.368. The molecule has 4 heterocycles. The average molecular weight is 367 g/mol. The van der Waals surface area contributed by atoms with Gasteiger partial charge in [-0.2, -0.15) is 5.10 Å². The minimum absolute atomic E-state index is 0.0919. The summed E-state index contributed by atoms with van der Waals surface area (Å²) < 4.78 is 12.8. The normalized spacial score (nSPS) is 17.3. The summed E-state index contributed by atoms with van der Waals surface area (Å²) >= 11 is 0. The lowest BCUT2D eigenvalue weighted by Crippen LogP contribution is -2.42. The van der Waals surface area contributed by atoms with E-state index in [4.69, 9.17) is 14.2 Å². The molecule has 8 heteroatoms. The molecule has 8 nitrogen and oxygen atoms in total. The van der Waals surface area contributed by atoms with Crippen molar-refractivity contribution in [3.05, 3.63) is 53.3 Å². The van der Waals surface area contributed by atoms with Gasteiger partial charge in [-0.25, -0.2) is 4.98 Å². The molecule has 3 aromatic rings. The summed E-state index contributed by atoms with van der Waals surface area (Å²) in [6, 6.07) is 7.51. The van der Waals surface area contributed by atoms with Gasteiger partial charge in [0.05, 0.1) is 35.8 Å². The summed E-state index contributed by atoms with van der Waals surface area (Å²) in [4.78, 5) is 19.2. The van der Waals surface area contributed by atoms with Crippen molar-refractivity contribution in [3.63, 3.8) is 0 Å². The van der Waals surface area contributed by atoms with E-state index in [9.17, 15) is 4.79 Å². The molecule has 0 unspecified atom stereocenters. The van der Waals surface area contributed by atoms with E-state index in [-0.39, 0.29) is 12.0 Å². The number of carbonyl (C=O) groups excluding carboxylic acids is 1. The van der Waals surface area contributed by atoms with Gasteiger partial charge in [0.1, 0.15) is 17.6 Å². The van der Waals surface area contributed by atoms with Crippen LogP contribution in [0, 0.1) is 13.8 Å². The highest BCUT2D eigenvalue weighted by Gasteiger charge is 2.28. The lowest BCUT2D eigenvalue weighted by Gasteiger charge is -2.32. The number of pyridine rings is 1. The van der Waals surface area contributed by atoms with E-state index in [1.165, 1.54) is 0 Å². The van der Waals surface area contributed by atoms with Gasteiger partial charge in [-0.1, -0.05) is 11.2 Å². The molecule has 4 rings (SSSR count). The molecular formula is C19H21N5O3. The number of aromatic nitrogens is 4. The zero-order valence-electron chi connectivity index (χ0n) is 15.5. The number of carbonyl (C=O) groups is 1. The van der Waals surface area contributed by atoms with Gasteiger partial charge >= 0.3 is 0 Å². The monoisotopic (exact) mass is 367 g/mol. The molecule has 0 aromatic carbocycles. The Bertz CT molecular complexity index is 958.